The lowest BCUT2D eigenvalue weighted by Crippen LogP contribution is -2.53. The summed E-state index contributed by atoms with van der Waals surface area (Å²) >= 11 is 0. The highest BCUT2D eigenvalue weighted by molar-refractivity contribution is 5.21. The van der Waals surface area contributed by atoms with Gasteiger partial charge in [-0.3, -0.25) is 0 Å². The number of hydrogen-bond donors (Lipinski definition) is 1. The molecular weight excluding hydrogens is 236 g/mol. The van der Waals surface area contributed by atoms with Crippen LogP contribution in [0.1, 0.15) is 37.4 Å². The fourth-order valence-corrected chi connectivity index (χ4v) is 2.98. The maximum Gasteiger partial charge on any atom is 0.159 e. The zero-order valence-electron chi connectivity index (χ0n) is 10.2. The van der Waals surface area contributed by atoms with Gasteiger partial charge in [0.1, 0.15) is 0 Å². The fourth-order valence-electron chi connectivity index (χ4n) is 2.98. The Bertz CT molecular complexity index is 433. The second-order valence-corrected chi connectivity index (χ2v) is 5.34. The zero-order chi connectivity index (χ0) is 12.6. The van der Waals surface area contributed by atoms with E-state index in [4.69, 9.17) is 4.74 Å². The van der Waals surface area contributed by atoms with Gasteiger partial charge in [0, 0.05) is 12.1 Å². The lowest BCUT2D eigenvalue weighted by Gasteiger charge is -2.38. The average Bonchev–Trinajstić information content (AvgIpc) is 2.82. The Morgan fingerprint density at radius 1 is 1.17 bits per heavy atom. The molecule has 2 fully saturated rings. The van der Waals surface area contributed by atoms with Crippen LogP contribution in [0.4, 0.5) is 8.78 Å². The van der Waals surface area contributed by atoms with E-state index >= 15 is 0 Å². The van der Waals surface area contributed by atoms with Crippen molar-refractivity contribution in [3.05, 3.63) is 35.4 Å². The molecule has 0 aromatic heterocycles. The van der Waals surface area contributed by atoms with E-state index in [1.54, 1.807) is 6.07 Å². The van der Waals surface area contributed by atoms with E-state index in [1.165, 1.54) is 18.9 Å². The number of halogens is 2. The fraction of sp³-hybridized carbons (Fsp3) is 0.571. The highest BCUT2D eigenvalue weighted by Crippen LogP contribution is 2.35. The summed E-state index contributed by atoms with van der Waals surface area (Å²) in [4.78, 5) is 0. The third kappa shape index (κ3) is 2.15. The van der Waals surface area contributed by atoms with Crippen molar-refractivity contribution in [3.63, 3.8) is 0 Å². The average molecular weight is 253 g/mol. The molecule has 1 atom stereocenters. The molecule has 1 aromatic carbocycles. The maximum absolute atomic E-state index is 13.2. The number of nitrogens with one attached hydrogen (secondary N) is 1. The molecule has 1 aliphatic carbocycles. The number of benzene rings is 1. The monoisotopic (exact) mass is 253 g/mol. The van der Waals surface area contributed by atoms with Gasteiger partial charge in [0.25, 0.3) is 0 Å². The lowest BCUT2D eigenvalue weighted by molar-refractivity contribution is -0.0327. The summed E-state index contributed by atoms with van der Waals surface area (Å²) in [7, 11) is 0. The van der Waals surface area contributed by atoms with Crippen LogP contribution in [0.3, 0.4) is 0 Å². The number of rotatable bonds is 1. The SMILES string of the molecule is Fc1ccc(C2CNC3(CCCC3)CO2)cc1F. The standard InChI is InChI=1S/C14H17F2NO/c15-11-4-3-10(7-12(11)16)13-8-17-14(9-18-13)5-1-2-6-14/h3-4,7,13,17H,1-2,5-6,8-9H2. The van der Waals surface area contributed by atoms with Gasteiger partial charge in [0.05, 0.1) is 12.7 Å². The second kappa shape index (κ2) is 4.59. The molecule has 1 spiro atoms. The molecule has 1 N–H and O–H groups in total. The van der Waals surface area contributed by atoms with E-state index in [-0.39, 0.29) is 11.6 Å². The molecule has 4 heteroatoms. The molecular formula is C14H17F2NO. The van der Waals surface area contributed by atoms with Crippen LogP contribution in [0.2, 0.25) is 0 Å². The first-order valence-corrected chi connectivity index (χ1v) is 6.50. The van der Waals surface area contributed by atoms with Crippen LogP contribution in [0.15, 0.2) is 18.2 Å². The van der Waals surface area contributed by atoms with E-state index in [1.807, 2.05) is 0 Å². The van der Waals surface area contributed by atoms with Crippen LogP contribution < -0.4 is 5.32 Å². The Morgan fingerprint density at radius 2 is 1.94 bits per heavy atom. The van der Waals surface area contributed by atoms with Crippen LogP contribution in [-0.2, 0) is 4.74 Å². The quantitative estimate of drug-likeness (QED) is 0.831. The molecule has 1 aliphatic heterocycles. The lowest BCUT2D eigenvalue weighted by atomic mass is 9.95. The van der Waals surface area contributed by atoms with Crippen LogP contribution in [-0.4, -0.2) is 18.7 Å². The molecule has 2 aliphatic rings. The van der Waals surface area contributed by atoms with Crippen LogP contribution in [0.5, 0.6) is 0 Å². The molecule has 0 radical (unpaired) electrons. The van der Waals surface area contributed by atoms with Crippen molar-refractivity contribution in [2.45, 2.75) is 37.3 Å². The summed E-state index contributed by atoms with van der Waals surface area (Å²) in [5, 5.41) is 3.54. The van der Waals surface area contributed by atoms with Gasteiger partial charge < -0.3 is 10.1 Å². The van der Waals surface area contributed by atoms with Gasteiger partial charge >= 0.3 is 0 Å². The first-order valence-electron chi connectivity index (χ1n) is 6.50. The molecule has 1 unspecified atom stereocenters. The number of morpholine rings is 1. The van der Waals surface area contributed by atoms with Crippen LogP contribution >= 0.6 is 0 Å². The van der Waals surface area contributed by atoms with Crippen LogP contribution in [0.25, 0.3) is 0 Å². The smallest absolute Gasteiger partial charge is 0.159 e. The molecule has 2 nitrogen and oxygen atoms in total. The third-order valence-electron chi connectivity index (χ3n) is 4.10. The molecule has 1 aromatic rings. The van der Waals surface area contributed by atoms with Crippen molar-refractivity contribution in [2.24, 2.45) is 0 Å². The summed E-state index contributed by atoms with van der Waals surface area (Å²) in [5.74, 6) is -1.62. The Labute approximate surface area is 105 Å². The van der Waals surface area contributed by atoms with Crippen molar-refractivity contribution in [2.75, 3.05) is 13.2 Å². The first-order chi connectivity index (χ1) is 8.69. The van der Waals surface area contributed by atoms with Gasteiger partial charge in [-0.2, -0.15) is 0 Å². The molecule has 98 valence electrons. The molecule has 0 bridgehead atoms. The van der Waals surface area contributed by atoms with Crippen molar-refractivity contribution in [3.8, 4) is 0 Å². The first kappa shape index (κ1) is 12.1. The Hall–Kier alpha value is -1.00. The van der Waals surface area contributed by atoms with Crippen molar-refractivity contribution >= 4 is 0 Å². The van der Waals surface area contributed by atoms with Crippen LogP contribution in [0, 0.1) is 11.6 Å². The van der Waals surface area contributed by atoms with Crippen molar-refractivity contribution in [1.82, 2.24) is 5.32 Å². The Kier molecular flexibility index (Phi) is 3.08. The third-order valence-corrected chi connectivity index (χ3v) is 4.10. The van der Waals surface area contributed by atoms with Gasteiger partial charge in [-0.25, -0.2) is 8.78 Å². The van der Waals surface area contributed by atoms with E-state index in [9.17, 15) is 8.78 Å². The summed E-state index contributed by atoms with van der Waals surface area (Å²) in [6, 6.07) is 3.99. The molecule has 1 heterocycles. The van der Waals surface area contributed by atoms with Gasteiger partial charge in [0.15, 0.2) is 11.6 Å². The van der Waals surface area contributed by atoms with E-state index in [2.05, 4.69) is 5.32 Å². The predicted molar refractivity (Wildman–Crippen MR) is 64.3 cm³/mol. The van der Waals surface area contributed by atoms with E-state index in [0.717, 1.165) is 18.9 Å². The minimum Gasteiger partial charge on any atom is -0.370 e. The van der Waals surface area contributed by atoms with Gasteiger partial charge in [0.2, 0.25) is 0 Å². The number of hydrogen-bond acceptors (Lipinski definition) is 2. The minimum atomic E-state index is -0.810. The van der Waals surface area contributed by atoms with Gasteiger partial charge in [-0.1, -0.05) is 18.9 Å². The molecule has 3 rings (SSSR count). The topological polar surface area (TPSA) is 21.3 Å². The highest BCUT2D eigenvalue weighted by Gasteiger charge is 2.38. The van der Waals surface area contributed by atoms with E-state index in [0.29, 0.717) is 18.7 Å². The highest BCUT2D eigenvalue weighted by atomic mass is 19.2. The maximum atomic E-state index is 13.2. The molecule has 18 heavy (non-hydrogen) atoms. The Balaban J connectivity index is 1.70. The summed E-state index contributed by atoms with van der Waals surface area (Å²) in [6.45, 7) is 1.34. The Morgan fingerprint density at radius 3 is 2.56 bits per heavy atom. The second-order valence-electron chi connectivity index (χ2n) is 5.34. The summed E-state index contributed by atoms with van der Waals surface area (Å²) in [6.07, 6.45) is 4.61. The molecule has 1 saturated heterocycles. The molecule has 0 amide bonds. The van der Waals surface area contributed by atoms with Crippen molar-refractivity contribution in [1.29, 1.82) is 0 Å². The molecule has 1 saturated carbocycles. The van der Waals surface area contributed by atoms with Crippen molar-refractivity contribution < 1.29 is 13.5 Å². The van der Waals surface area contributed by atoms with E-state index < -0.39 is 11.6 Å². The number of ether oxygens (including phenoxy) is 1. The minimum absolute atomic E-state index is 0.134. The largest absolute Gasteiger partial charge is 0.370 e. The summed E-state index contributed by atoms with van der Waals surface area (Å²) in [5.41, 5.74) is 0.837. The summed E-state index contributed by atoms with van der Waals surface area (Å²) < 4.78 is 31.9. The predicted octanol–water partition coefficient (Wildman–Crippen LogP) is 2.94. The van der Waals surface area contributed by atoms with Gasteiger partial charge in [-0.05, 0) is 30.5 Å². The zero-order valence-corrected chi connectivity index (χ0v) is 10.2. The normalized spacial score (nSPS) is 26.7. The van der Waals surface area contributed by atoms with Gasteiger partial charge in [-0.15, -0.1) is 0 Å².